The number of carbonyl (C=O) groups is 1. The third kappa shape index (κ3) is 3.98. The number of benzene rings is 6. The zero-order valence-corrected chi connectivity index (χ0v) is 19.9. The van der Waals surface area contributed by atoms with Crippen molar-refractivity contribution in [2.45, 2.75) is 25.0 Å². The van der Waals surface area contributed by atoms with Crippen molar-refractivity contribution in [3.63, 3.8) is 0 Å². The van der Waals surface area contributed by atoms with Crippen molar-refractivity contribution in [2.24, 2.45) is 0 Å². The molecule has 0 spiro atoms. The maximum absolute atomic E-state index is 10.0. The quantitative estimate of drug-likeness (QED) is 0.0875. The molecule has 2 N–H and O–H groups in total. The molecule has 1 fully saturated rings. The van der Waals surface area contributed by atoms with Crippen molar-refractivity contribution in [3.05, 3.63) is 115 Å². The Labute approximate surface area is 210 Å². The highest BCUT2D eigenvalue weighted by Crippen LogP contribution is 2.41. The Kier molecular flexibility index (Phi) is 5.84. The normalized spacial score (nSPS) is 17.8. The summed E-state index contributed by atoms with van der Waals surface area (Å²) in [7, 11) is 0. The van der Waals surface area contributed by atoms with Crippen molar-refractivity contribution in [1.82, 2.24) is 0 Å². The standard InChI is InChI=1S/C20H13N.C7H6O.C6H8O/c21-18-11-10-16-14-7-2-5-12-4-1-6-13(19(12)14)15-8-3-9-17(18)20(15)16;8-6-7-4-2-1-3-5-7;1-2-6-4-3-5(1)7-6/h1-11H,21H2;1-6H;1-2,5-6H,3-4H2. The third-order valence-electron chi connectivity index (χ3n) is 7.12. The number of fused-ring (bicyclic) bond motifs is 4. The van der Waals surface area contributed by atoms with E-state index in [2.05, 4.69) is 72.8 Å². The van der Waals surface area contributed by atoms with E-state index in [0.717, 1.165) is 22.9 Å². The van der Waals surface area contributed by atoms with E-state index in [9.17, 15) is 4.79 Å². The van der Waals surface area contributed by atoms with Gasteiger partial charge >= 0.3 is 0 Å². The molecular weight excluding hydrogens is 442 g/mol. The Hall–Kier alpha value is -4.21. The number of carbonyl (C=O) groups excluding carboxylic acids is 1. The lowest BCUT2D eigenvalue weighted by atomic mass is 9.89. The number of hydrogen-bond donors (Lipinski definition) is 1. The first-order valence-electron chi connectivity index (χ1n) is 12.4. The monoisotopic (exact) mass is 469 g/mol. The van der Waals surface area contributed by atoms with Crippen molar-refractivity contribution in [1.29, 1.82) is 0 Å². The van der Waals surface area contributed by atoms with E-state index in [1.807, 2.05) is 24.3 Å². The largest absolute Gasteiger partial charge is 0.398 e. The summed E-state index contributed by atoms with van der Waals surface area (Å²) in [6, 6.07) is 32.8. The Bertz CT molecular complexity index is 1640. The number of aldehydes is 1. The van der Waals surface area contributed by atoms with Gasteiger partial charge in [-0.25, -0.2) is 0 Å². The molecule has 176 valence electrons. The van der Waals surface area contributed by atoms with Gasteiger partial charge in [-0.2, -0.15) is 0 Å². The van der Waals surface area contributed by atoms with Crippen LogP contribution in [0.4, 0.5) is 5.69 Å². The number of anilines is 1. The minimum Gasteiger partial charge on any atom is -0.398 e. The molecule has 0 aromatic heterocycles. The minimum atomic E-state index is 0.491. The van der Waals surface area contributed by atoms with Crippen molar-refractivity contribution in [3.8, 4) is 0 Å². The van der Waals surface area contributed by atoms with Crippen LogP contribution in [0, 0.1) is 0 Å². The second-order valence-electron chi connectivity index (χ2n) is 9.34. The molecule has 3 heteroatoms. The predicted molar refractivity (Wildman–Crippen MR) is 151 cm³/mol. The maximum atomic E-state index is 10.0. The molecule has 2 heterocycles. The van der Waals surface area contributed by atoms with Gasteiger partial charge in [0.2, 0.25) is 0 Å². The molecule has 6 aromatic rings. The summed E-state index contributed by atoms with van der Waals surface area (Å²) in [5, 5.41) is 10.3. The van der Waals surface area contributed by atoms with Crippen molar-refractivity contribution in [2.75, 3.05) is 5.73 Å². The van der Waals surface area contributed by atoms with Crippen molar-refractivity contribution >= 4 is 55.1 Å². The molecule has 2 aliphatic rings. The van der Waals surface area contributed by atoms with Crippen LogP contribution in [0.3, 0.4) is 0 Å². The predicted octanol–water partition coefficient (Wildman–Crippen LogP) is 7.92. The molecule has 0 saturated carbocycles. The topological polar surface area (TPSA) is 52.3 Å². The summed E-state index contributed by atoms with van der Waals surface area (Å²) in [4.78, 5) is 10.0. The zero-order valence-electron chi connectivity index (χ0n) is 19.9. The molecule has 0 radical (unpaired) electrons. The highest BCUT2D eigenvalue weighted by atomic mass is 16.5. The van der Waals surface area contributed by atoms with Crippen LogP contribution in [0.2, 0.25) is 0 Å². The van der Waals surface area contributed by atoms with Crippen LogP contribution >= 0.6 is 0 Å². The van der Waals surface area contributed by atoms with Crippen LogP contribution in [0.1, 0.15) is 23.2 Å². The lowest BCUT2D eigenvalue weighted by molar-refractivity contribution is 0.112. The second kappa shape index (κ2) is 9.44. The maximum Gasteiger partial charge on any atom is 0.150 e. The average Bonchev–Trinajstić information content (AvgIpc) is 3.60. The number of hydrogen-bond acceptors (Lipinski definition) is 3. The van der Waals surface area contributed by atoms with Crippen LogP contribution < -0.4 is 5.73 Å². The first-order chi connectivity index (χ1) is 17.7. The van der Waals surface area contributed by atoms with Gasteiger partial charge in [0, 0.05) is 16.6 Å². The van der Waals surface area contributed by atoms with Gasteiger partial charge in [-0.1, -0.05) is 103 Å². The van der Waals surface area contributed by atoms with Crippen LogP contribution in [-0.2, 0) is 4.74 Å². The highest BCUT2D eigenvalue weighted by molar-refractivity contribution is 6.33. The van der Waals surface area contributed by atoms with Gasteiger partial charge in [0.1, 0.15) is 6.29 Å². The van der Waals surface area contributed by atoms with E-state index in [1.165, 1.54) is 50.5 Å². The van der Waals surface area contributed by atoms with Crippen LogP contribution in [0.5, 0.6) is 0 Å². The van der Waals surface area contributed by atoms with Crippen LogP contribution in [0.15, 0.2) is 109 Å². The van der Waals surface area contributed by atoms with E-state index in [4.69, 9.17) is 10.5 Å². The smallest absolute Gasteiger partial charge is 0.150 e. The SMILES string of the molecule is C1=CC2CCC1O2.Nc1ccc2c3cccc4cccc(c5cccc1c52)c43.O=Cc1ccccc1. The average molecular weight is 470 g/mol. The summed E-state index contributed by atoms with van der Waals surface area (Å²) in [5.74, 6) is 0. The summed E-state index contributed by atoms with van der Waals surface area (Å²) < 4.78 is 5.36. The second-order valence-corrected chi connectivity index (χ2v) is 9.34. The van der Waals surface area contributed by atoms with Gasteiger partial charge < -0.3 is 10.5 Å². The Morgan fingerprint density at radius 1 is 0.611 bits per heavy atom. The molecule has 2 unspecified atom stereocenters. The van der Waals surface area contributed by atoms with Crippen LogP contribution in [0.25, 0.3) is 43.1 Å². The van der Waals surface area contributed by atoms with Crippen LogP contribution in [-0.4, -0.2) is 18.5 Å². The molecule has 8 rings (SSSR count). The first kappa shape index (κ1) is 22.3. The molecule has 0 aliphatic carbocycles. The Morgan fingerprint density at radius 3 is 1.69 bits per heavy atom. The van der Waals surface area contributed by atoms with E-state index < -0.39 is 0 Å². The summed E-state index contributed by atoms with van der Waals surface area (Å²) in [6.45, 7) is 0. The van der Waals surface area contributed by atoms with Crippen molar-refractivity contribution < 1.29 is 9.53 Å². The van der Waals surface area contributed by atoms with Gasteiger partial charge in [-0.3, -0.25) is 4.79 Å². The van der Waals surface area contributed by atoms with Gasteiger partial charge in [0.15, 0.2) is 0 Å². The zero-order chi connectivity index (χ0) is 24.5. The van der Waals surface area contributed by atoms with Gasteiger partial charge in [0.25, 0.3) is 0 Å². The van der Waals surface area contributed by atoms with E-state index in [-0.39, 0.29) is 0 Å². The van der Waals surface area contributed by atoms with E-state index >= 15 is 0 Å². The lowest BCUT2D eigenvalue weighted by Gasteiger charge is -2.14. The van der Waals surface area contributed by atoms with Gasteiger partial charge in [-0.15, -0.1) is 0 Å². The van der Waals surface area contributed by atoms with Gasteiger partial charge in [-0.05, 0) is 56.6 Å². The first-order valence-corrected chi connectivity index (χ1v) is 12.4. The third-order valence-corrected chi connectivity index (χ3v) is 7.12. The highest BCUT2D eigenvalue weighted by Gasteiger charge is 2.26. The number of nitrogens with two attached hydrogens (primary N) is 1. The molecule has 2 aliphatic heterocycles. The molecule has 0 amide bonds. The number of rotatable bonds is 1. The fraction of sp³-hybridized carbons (Fsp3) is 0.121. The summed E-state index contributed by atoms with van der Waals surface area (Å²) >= 11 is 0. The molecule has 36 heavy (non-hydrogen) atoms. The Balaban J connectivity index is 0.000000131. The molecule has 2 atom stereocenters. The molecule has 6 aromatic carbocycles. The fourth-order valence-corrected chi connectivity index (χ4v) is 5.42. The summed E-state index contributed by atoms with van der Waals surface area (Å²) in [6.07, 6.45) is 8.64. The fourth-order valence-electron chi connectivity index (χ4n) is 5.42. The lowest BCUT2D eigenvalue weighted by Crippen LogP contribution is -1.95. The summed E-state index contributed by atoms with van der Waals surface area (Å²) in [5.41, 5.74) is 7.77. The number of nitrogen functional groups attached to an aromatic ring is 1. The molecule has 2 bridgehead atoms. The molecule has 3 nitrogen and oxygen atoms in total. The minimum absolute atomic E-state index is 0.491. The van der Waals surface area contributed by atoms with Gasteiger partial charge in [0.05, 0.1) is 12.2 Å². The Morgan fingerprint density at radius 2 is 1.17 bits per heavy atom. The van der Waals surface area contributed by atoms with E-state index in [0.29, 0.717) is 12.2 Å². The molecular formula is C33H27NO2. The number of ether oxygens (including phenoxy) is 1. The van der Waals surface area contributed by atoms with E-state index in [1.54, 1.807) is 12.1 Å². The molecule has 1 saturated heterocycles.